The van der Waals surface area contributed by atoms with Crippen LogP contribution in [-0.2, 0) is 10.0 Å². The summed E-state index contributed by atoms with van der Waals surface area (Å²) < 4.78 is 31.6. The van der Waals surface area contributed by atoms with Crippen LogP contribution in [0.2, 0.25) is 0 Å². The van der Waals surface area contributed by atoms with Gasteiger partial charge in [0, 0.05) is 18.5 Å². The third-order valence-corrected chi connectivity index (χ3v) is 4.00. The fourth-order valence-electron chi connectivity index (χ4n) is 1.63. The lowest BCUT2D eigenvalue weighted by atomic mass is 10.2. The van der Waals surface area contributed by atoms with Crippen LogP contribution in [0.25, 0.3) is 0 Å². The zero-order valence-electron chi connectivity index (χ0n) is 11.0. The van der Waals surface area contributed by atoms with Gasteiger partial charge in [-0.2, -0.15) is 0 Å². The van der Waals surface area contributed by atoms with E-state index in [1.165, 1.54) is 49.8 Å². The molecule has 1 heterocycles. The Morgan fingerprint density at radius 2 is 2.10 bits per heavy atom. The van der Waals surface area contributed by atoms with Gasteiger partial charge < -0.3 is 9.84 Å². The third kappa shape index (κ3) is 3.29. The summed E-state index contributed by atoms with van der Waals surface area (Å²) in [6.45, 7) is 0. The van der Waals surface area contributed by atoms with E-state index in [1.807, 2.05) is 0 Å². The molecule has 0 atom stereocenters. The van der Waals surface area contributed by atoms with Gasteiger partial charge in [-0.05, 0) is 24.3 Å². The number of hydrogen-bond donors (Lipinski definition) is 2. The SMILES string of the molecule is COc1ccc(C(=O)O)c(NS(=O)(=O)c2cccnc2)c1. The molecule has 0 saturated heterocycles. The third-order valence-electron chi connectivity index (χ3n) is 2.65. The van der Waals surface area contributed by atoms with Crippen molar-refractivity contribution < 1.29 is 23.1 Å². The van der Waals surface area contributed by atoms with Crippen LogP contribution in [0.1, 0.15) is 10.4 Å². The summed E-state index contributed by atoms with van der Waals surface area (Å²) >= 11 is 0. The molecule has 2 aromatic rings. The maximum atomic E-state index is 12.2. The van der Waals surface area contributed by atoms with Gasteiger partial charge in [0.15, 0.2) is 0 Å². The second kappa shape index (κ2) is 5.80. The highest BCUT2D eigenvalue weighted by Crippen LogP contribution is 2.25. The number of nitrogens with one attached hydrogen (secondary N) is 1. The molecular weight excluding hydrogens is 296 g/mol. The molecule has 0 radical (unpaired) electrons. The van der Waals surface area contributed by atoms with Crippen molar-refractivity contribution in [2.24, 2.45) is 0 Å². The van der Waals surface area contributed by atoms with E-state index in [2.05, 4.69) is 9.71 Å². The Kier molecular flexibility index (Phi) is 4.08. The molecule has 110 valence electrons. The van der Waals surface area contributed by atoms with Crippen molar-refractivity contribution in [3.63, 3.8) is 0 Å². The number of hydrogen-bond acceptors (Lipinski definition) is 5. The Bertz CT molecular complexity index is 759. The number of carboxylic acids is 1. The lowest BCUT2D eigenvalue weighted by Gasteiger charge is -2.11. The highest BCUT2D eigenvalue weighted by Gasteiger charge is 2.19. The molecule has 1 aromatic heterocycles. The Morgan fingerprint density at radius 1 is 1.33 bits per heavy atom. The van der Waals surface area contributed by atoms with E-state index < -0.39 is 16.0 Å². The molecule has 0 aliphatic carbocycles. The molecule has 0 aliphatic heterocycles. The second-order valence-corrected chi connectivity index (χ2v) is 5.69. The Hall–Kier alpha value is -2.61. The van der Waals surface area contributed by atoms with Crippen LogP contribution in [0.4, 0.5) is 5.69 Å². The average molecular weight is 308 g/mol. The molecule has 7 nitrogen and oxygen atoms in total. The lowest BCUT2D eigenvalue weighted by Crippen LogP contribution is -2.15. The standard InChI is InChI=1S/C13H12N2O5S/c1-20-9-4-5-11(13(16)17)12(7-9)15-21(18,19)10-3-2-6-14-8-10/h2-8,15H,1H3,(H,16,17). The van der Waals surface area contributed by atoms with E-state index in [0.717, 1.165) is 0 Å². The molecule has 0 unspecified atom stereocenters. The minimum Gasteiger partial charge on any atom is -0.497 e. The normalized spacial score (nSPS) is 10.9. The number of methoxy groups -OCH3 is 1. The number of pyridine rings is 1. The molecule has 1 aromatic carbocycles. The van der Waals surface area contributed by atoms with Crippen molar-refractivity contribution in [1.29, 1.82) is 0 Å². The Balaban J connectivity index is 2.45. The summed E-state index contributed by atoms with van der Waals surface area (Å²) in [5.41, 5.74) is -0.256. The van der Waals surface area contributed by atoms with Gasteiger partial charge in [-0.15, -0.1) is 0 Å². The number of carboxylic acid groups (broad SMARTS) is 1. The number of nitrogens with zero attached hydrogens (tertiary/aromatic N) is 1. The maximum Gasteiger partial charge on any atom is 0.337 e. The largest absolute Gasteiger partial charge is 0.497 e. The summed E-state index contributed by atoms with van der Waals surface area (Å²) in [7, 11) is -2.53. The number of anilines is 1. The van der Waals surface area contributed by atoms with E-state index in [-0.39, 0.29) is 16.1 Å². The van der Waals surface area contributed by atoms with Gasteiger partial charge in [-0.3, -0.25) is 9.71 Å². The molecule has 2 rings (SSSR count). The second-order valence-electron chi connectivity index (χ2n) is 4.01. The number of aromatic carboxylic acids is 1. The van der Waals surface area contributed by atoms with Gasteiger partial charge in [0.1, 0.15) is 10.6 Å². The first kappa shape index (κ1) is 14.8. The predicted molar refractivity (Wildman–Crippen MR) is 75.0 cm³/mol. The van der Waals surface area contributed by atoms with Gasteiger partial charge in [-0.1, -0.05) is 0 Å². The van der Waals surface area contributed by atoms with Crippen LogP contribution < -0.4 is 9.46 Å². The predicted octanol–water partition coefficient (Wildman–Crippen LogP) is 1.59. The van der Waals surface area contributed by atoms with Crippen LogP contribution >= 0.6 is 0 Å². The van der Waals surface area contributed by atoms with E-state index in [4.69, 9.17) is 9.84 Å². The zero-order valence-corrected chi connectivity index (χ0v) is 11.8. The van der Waals surface area contributed by atoms with E-state index in [1.54, 1.807) is 0 Å². The van der Waals surface area contributed by atoms with Gasteiger partial charge in [0.25, 0.3) is 10.0 Å². The number of ether oxygens (including phenoxy) is 1. The Morgan fingerprint density at radius 3 is 2.67 bits per heavy atom. The number of carbonyl (C=O) groups is 1. The van der Waals surface area contributed by atoms with Gasteiger partial charge in [0.2, 0.25) is 0 Å². The van der Waals surface area contributed by atoms with E-state index >= 15 is 0 Å². The Labute approximate surface area is 121 Å². The summed E-state index contributed by atoms with van der Waals surface area (Å²) in [5.74, 6) is -0.912. The number of sulfonamides is 1. The van der Waals surface area contributed by atoms with Crippen LogP contribution in [0, 0.1) is 0 Å². The molecule has 0 aliphatic rings. The molecule has 0 bridgehead atoms. The van der Waals surface area contributed by atoms with Gasteiger partial charge in [-0.25, -0.2) is 13.2 Å². The fourth-order valence-corrected chi connectivity index (χ4v) is 2.66. The van der Waals surface area contributed by atoms with Crippen LogP contribution in [0.15, 0.2) is 47.6 Å². The van der Waals surface area contributed by atoms with Gasteiger partial charge >= 0.3 is 5.97 Å². The monoisotopic (exact) mass is 308 g/mol. The zero-order chi connectivity index (χ0) is 15.5. The summed E-state index contributed by atoms with van der Waals surface area (Å²) in [5, 5.41) is 9.11. The number of aromatic nitrogens is 1. The summed E-state index contributed by atoms with van der Waals surface area (Å²) in [6, 6.07) is 6.83. The van der Waals surface area contributed by atoms with Crippen molar-refractivity contribution >= 4 is 21.7 Å². The first-order chi connectivity index (χ1) is 9.94. The minimum atomic E-state index is -3.93. The van der Waals surface area contributed by atoms with Crippen LogP contribution in [-0.4, -0.2) is 31.6 Å². The number of benzene rings is 1. The number of rotatable bonds is 5. The molecule has 0 amide bonds. The maximum absolute atomic E-state index is 12.2. The molecule has 2 N–H and O–H groups in total. The van der Waals surface area contributed by atoms with Crippen molar-refractivity contribution in [3.05, 3.63) is 48.3 Å². The quantitative estimate of drug-likeness (QED) is 0.869. The molecule has 0 fully saturated rings. The highest BCUT2D eigenvalue weighted by molar-refractivity contribution is 7.92. The van der Waals surface area contributed by atoms with Gasteiger partial charge in [0.05, 0.1) is 18.4 Å². The lowest BCUT2D eigenvalue weighted by molar-refractivity contribution is 0.0698. The first-order valence-corrected chi connectivity index (χ1v) is 7.26. The smallest absolute Gasteiger partial charge is 0.337 e. The molecule has 8 heteroatoms. The van der Waals surface area contributed by atoms with E-state index in [0.29, 0.717) is 5.75 Å². The van der Waals surface area contributed by atoms with Crippen LogP contribution in [0.5, 0.6) is 5.75 Å². The molecule has 0 saturated carbocycles. The van der Waals surface area contributed by atoms with Crippen molar-refractivity contribution in [1.82, 2.24) is 4.98 Å². The van der Waals surface area contributed by atoms with Crippen molar-refractivity contribution in [2.45, 2.75) is 4.90 Å². The first-order valence-electron chi connectivity index (χ1n) is 5.78. The average Bonchev–Trinajstić information content (AvgIpc) is 2.47. The summed E-state index contributed by atoms with van der Waals surface area (Å²) in [4.78, 5) is 14.8. The van der Waals surface area contributed by atoms with Crippen molar-refractivity contribution in [3.8, 4) is 5.75 Å². The topological polar surface area (TPSA) is 106 Å². The van der Waals surface area contributed by atoms with E-state index in [9.17, 15) is 13.2 Å². The molecular formula is C13H12N2O5S. The highest BCUT2D eigenvalue weighted by atomic mass is 32.2. The van der Waals surface area contributed by atoms with Crippen LogP contribution in [0.3, 0.4) is 0 Å². The molecule has 21 heavy (non-hydrogen) atoms. The fraction of sp³-hybridized carbons (Fsp3) is 0.0769. The van der Waals surface area contributed by atoms with Crippen molar-refractivity contribution in [2.75, 3.05) is 11.8 Å². The molecule has 0 spiro atoms. The summed E-state index contributed by atoms with van der Waals surface area (Å²) in [6.07, 6.45) is 2.61. The minimum absolute atomic E-state index is 0.0656.